The van der Waals surface area contributed by atoms with E-state index in [1.54, 1.807) is 0 Å². The second-order valence-corrected chi connectivity index (χ2v) is 19.1. The molecule has 1 aliphatic carbocycles. The Morgan fingerprint density at radius 2 is 1.03 bits per heavy atom. The summed E-state index contributed by atoms with van der Waals surface area (Å²) in [7, 11) is -2.59. The third-order valence-corrected chi connectivity index (χ3v) is 11.9. The molecular formula is C26H30F3Fe2NO4Si2+. The third kappa shape index (κ3) is 22.1. The maximum atomic E-state index is 12.0. The quantitative estimate of drug-likeness (QED) is 0.228. The van der Waals surface area contributed by atoms with E-state index in [9.17, 15) is 13.2 Å². The average molecular weight is 645 g/mol. The van der Waals surface area contributed by atoms with Crippen LogP contribution in [0.1, 0.15) is 11.1 Å². The van der Waals surface area contributed by atoms with Crippen LogP contribution in [0.25, 0.3) is 0 Å². The van der Waals surface area contributed by atoms with Crippen LogP contribution >= 0.6 is 0 Å². The first kappa shape index (κ1) is 47.1. The van der Waals surface area contributed by atoms with Gasteiger partial charge in [-0.05, 0) is 44.9 Å². The summed E-state index contributed by atoms with van der Waals surface area (Å²) in [6.07, 6.45) is 11.1. The molecule has 207 valence electrons. The summed E-state index contributed by atoms with van der Waals surface area (Å²) in [6, 6.07) is 5.14. The van der Waals surface area contributed by atoms with Crippen LogP contribution in [0.4, 0.5) is 13.2 Å². The normalized spacial score (nSPS) is 13.3. The topological polar surface area (TPSA) is 82.8 Å². The molecule has 1 aromatic carbocycles. The van der Waals surface area contributed by atoms with Crippen LogP contribution in [0.2, 0.25) is 39.3 Å². The fourth-order valence-corrected chi connectivity index (χ4v) is 13.8. The number of alkyl halides is 3. The van der Waals surface area contributed by atoms with Gasteiger partial charge in [-0.15, -0.1) is 0 Å². The zero-order chi connectivity index (χ0) is 30.3. The number of benzene rings is 1. The van der Waals surface area contributed by atoms with Crippen molar-refractivity contribution in [2.24, 2.45) is 0 Å². The van der Waals surface area contributed by atoms with Crippen LogP contribution in [-0.2, 0) is 57.4 Å². The van der Waals surface area contributed by atoms with Crippen molar-refractivity contribution in [1.82, 2.24) is 4.23 Å². The predicted octanol–water partition coefficient (Wildman–Crippen LogP) is 5.90. The number of rotatable bonds is 4. The summed E-state index contributed by atoms with van der Waals surface area (Å²) in [6.45, 7) is 32.7. The average Bonchev–Trinajstić information content (AvgIpc) is 2.84. The molecular weight excluding hydrogens is 615 g/mol. The molecule has 0 heterocycles. The summed E-state index contributed by atoms with van der Waals surface area (Å²) in [5.41, 5.74) is -0.0931. The van der Waals surface area contributed by atoms with E-state index in [1.165, 1.54) is 12.1 Å². The zero-order valence-corrected chi connectivity index (χ0v) is 26.1. The minimum atomic E-state index is -4.26. The zero-order valence-electron chi connectivity index (χ0n) is 21.8. The maximum absolute atomic E-state index is 12.0. The molecule has 0 bridgehead atoms. The molecule has 1 fully saturated rings. The van der Waals surface area contributed by atoms with Crippen molar-refractivity contribution in [2.45, 2.75) is 51.5 Å². The van der Waals surface area contributed by atoms with Crippen molar-refractivity contribution in [3.05, 3.63) is 107 Å². The smallest absolute Gasteiger partial charge is 2.00 e. The van der Waals surface area contributed by atoms with Gasteiger partial charge in [0.25, 0.3) is 0 Å². The molecule has 0 N–H and O–H groups in total. The van der Waals surface area contributed by atoms with Gasteiger partial charge >= 0.3 is 138 Å². The number of hydrogen-bond donors (Lipinski definition) is 0. The molecule has 5 nitrogen and oxygen atoms in total. The van der Waals surface area contributed by atoms with E-state index >= 15 is 0 Å². The SMILES string of the molecule is C[Si](C)(C)N(C1[CH][CH][CH][CH][CH][CH][CH]1)[Si](C)(C)C.FC(F)(F)c1ccc([C-]=[Fe])cc1.[C-]#[O+].[C-]#[O+].[C-]#[O+].[C-]#[O+].[Fe+2]. The van der Waals surface area contributed by atoms with Crippen LogP contribution in [0.5, 0.6) is 0 Å². The molecule has 12 heteroatoms. The Morgan fingerprint density at radius 1 is 0.711 bits per heavy atom. The standard InChI is InChI=1S/C14H26NSi2.C8H4F3.4CO.2Fe/c1-16(2,3)15(17(4,5)6)14-12-10-8-7-9-11-13-14;1-6-2-4-7(5-3-6)8(9,10)11;4*1-2;;/h7-14H,1-6H3;2-5H;;;;;;/q;-1;;;;;;+2. The summed E-state index contributed by atoms with van der Waals surface area (Å²) in [5.74, 6) is 0. The molecule has 1 aromatic rings. The Hall–Kier alpha value is -0.727. The van der Waals surface area contributed by atoms with Crippen molar-refractivity contribution in [2.75, 3.05) is 0 Å². The van der Waals surface area contributed by atoms with Crippen LogP contribution in [0, 0.1) is 71.5 Å². The summed E-state index contributed by atoms with van der Waals surface area (Å²) < 4.78 is 68.8. The van der Waals surface area contributed by atoms with Crippen LogP contribution in [-0.4, -0.2) is 31.7 Å². The molecule has 2 rings (SSSR count). The number of nitrogens with zero attached hydrogens (tertiary/aromatic N) is 1. The van der Waals surface area contributed by atoms with E-state index in [2.05, 4.69) is 136 Å². The molecule has 1 saturated carbocycles. The van der Waals surface area contributed by atoms with Gasteiger partial charge in [-0.25, -0.2) is 0 Å². The third-order valence-electron chi connectivity index (χ3n) is 4.12. The van der Waals surface area contributed by atoms with Crippen molar-refractivity contribution < 1.29 is 64.4 Å². The van der Waals surface area contributed by atoms with Crippen LogP contribution < -0.4 is 0 Å². The Kier molecular flexibility index (Phi) is 32.8. The fourth-order valence-electron chi connectivity index (χ4n) is 3.40. The Morgan fingerprint density at radius 3 is 1.29 bits per heavy atom. The Labute approximate surface area is 247 Å². The molecule has 0 aromatic heterocycles. The van der Waals surface area contributed by atoms with E-state index in [4.69, 9.17) is 18.6 Å². The molecule has 7 radical (unpaired) electrons. The second kappa shape index (κ2) is 26.5. The van der Waals surface area contributed by atoms with Gasteiger partial charge in [0.1, 0.15) is 16.5 Å². The monoisotopic (exact) mass is 645 g/mol. The fraction of sp³-hybridized carbons (Fsp3) is 0.308. The van der Waals surface area contributed by atoms with Crippen molar-refractivity contribution in [1.29, 1.82) is 0 Å². The molecule has 0 saturated heterocycles. The van der Waals surface area contributed by atoms with E-state index in [-0.39, 0.29) is 17.1 Å². The molecule has 0 aliphatic heterocycles. The molecule has 0 spiro atoms. The molecule has 0 atom stereocenters. The first-order valence-electron chi connectivity index (χ1n) is 10.3. The molecule has 38 heavy (non-hydrogen) atoms. The number of halogens is 3. The van der Waals surface area contributed by atoms with Gasteiger partial charge < -0.3 is 4.23 Å². The van der Waals surface area contributed by atoms with E-state index in [1.807, 2.05) is 0 Å². The first-order valence-corrected chi connectivity index (χ1v) is 17.7. The van der Waals surface area contributed by atoms with Crippen molar-refractivity contribution >= 4 is 21.4 Å². The van der Waals surface area contributed by atoms with Gasteiger partial charge in [0, 0.05) is 6.04 Å². The summed E-state index contributed by atoms with van der Waals surface area (Å²) in [5, 5.41) is 0. The largest absolute Gasteiger partial charge is 2.00 e. The van der Waals surface area contributed by atoms with E-state index < -0.39 is 28.2 Å². The second-order valence-electron chi connectivity index (χ2n) is 8.71. The van der Waals surface area contributed by atoms with Crippen molar-refractivity contribution in [3.63, 3.8) is 0 Å². The number of hydrogen-bond acceptors (Lipinski definition) is 1. The van der Waals surface area contributed by atoms with Gasteiger partial charge in [-0.2, -0.15) is 0 Å². The Balaban J connectivity index is -0.000000152. The minimum Gasteiger partial charge on any atom is 2.00 e. The summed E-state index contributed by atoms with van der Waals surface area (Å²) in [4.78, 5) is 2.49. The molecule has 0 unspecified atom stereocenters. The first-order chi connectivity index (χ1) is 17.3. The molecule has 1 aliphatic rings. The van der Waals surface area contributed by atoms with Gasteiger partial charge in [-0.1, -0.05) is 39.3 Å². The Bertz CT molecular complexity index is 756. The predicted molar refractivity (Wildman–Crippen MR) is 134 cm³/mol. The van der Waals surface area contributed by atoms with E-state index in [0.29, 0.717) is 11.6 Å². The van der Waals surface area contributed by atoms with Gasteiger partial charge in [0.15, 0.2) is 0 Å². The van der Waals surface area contributed by atoms with E-state index in [0.717, 1.165) is 12.1 Å². The van der Waals surface area contributed by atoms with Crippen LogP contribution in [0.3, 0.4) is 0 Å². The summed E-state index contributed by atoms with van der Waals surface area (Å²) >= 11 is 3.32. The van der Waals surface area contributed by atoms with Gasteiger partial charge in [0.05, 0.1) is 0 Å². The van der Waals surface area contributed by atoms with Gasteiger partial charge in [-0.3, -0.25) is 0 Å². The molecule has 0 amide bonds. The maximum Gasteiger partial charge on any atom is 2.00 e. The van der Waals surface area contributed by atoms with Crippen molar-refractivity contribution in [3.8, 4) is 0 Å². The van der Waals surface area contributed by atoms with Crippen LogP contribution in [0.15, 0.2) is 24.3 Å². The minimum absolute atomic E-state index is 0. The van der Waals surface area contributed by atoms with Gasteiger partial charge in [0.2, 0.25) is 0 Å².